The Bertz CT molecular complexity index is 719. The molecule has 1 fully saturated rings. The second-order valence-corrected chi connectivity index (χ2v) is 6.50. The molecule has 0 radical (unpaired) electrons. The van der Waals surface area contributed by atoms with E-state index in [1.807, 2.05) is 42.9 Å². The second-order valence-electron chi connectivity index (χ2n) is 6.07. The lowest BCUT2D eigenvalue weighted by Gasteiger charge is -2.19. The fourth-order valence-corrected chi connectivity index (χ4v) is 2.93. The maximum Gasteiger partial charge on any atom is 0.255 e. The number of pyridine rings is 1. The third-order valence-corrected chi connectivity index (χ3v) is 4.36. The van der Waals surface area contributed by atoms with Crippen molar-refractivity contribution in [2.24, 2.45) is 7.05 Å². The maximum atomic E-state index is 12.6. The van der Waals surface area contributed by atoms with Crippen LogP contribution in [0.25, 0.3) is 0 Å². The highest BCUT2D eigenvalue weighted by molar-refractivity contribution is 6.30. The molecule has 2 aromatic heterocycles. The second kappa shape index (κ2) is 5.76. The zero-order valence-corrected chi connectivity index (χ0v) is 13.9. The van der Waals surface area contributed by atoms with Gasteiger partial charge in [-0.1, -0.05) is 11.6 Å². The van der Waals surface area contributed by atoms with Crippen LogP contribution in [0.3, 0.4) is 0 Å². The summed E-state index contributed by atoms with van der Waals surface area (Å²) in [4.78, 5) is 18.9. The number of rotatable bonds is 4. The first kappa shape index (κ1) is 15.1. The van der Waals surface area contributed by atoms with Crippen LogP contribution in [0.4, 0.5) is 0 Å². The van der Waals surface area contributed by atoms with Gasteiger partial charge in [0.2, 0.25) is 0 Å². The first-order valence-corrected chi connectivity index (χ1v) is 7.87. The van der Waals surface area contributed by atoms with E-state index < -0.39 is 0 Å². The Labute approximate surface area is 135 Å². The normalized spacial score (nSPS) is 14.2. The number of carbonyl (C=O) groups excluding carboxylic acids is 1. The van der Waals surface area contributed by atoms with Crippen LogP contribution in [0.1, 0.15) is 46.2 Å². The van der Waals surface area contributed by atoms with Crippen molar-refractivity contribution in [3.05, 3.63) is 52.1 Å². The third kappa shape index (κ3) is 3.02. The summed E-state index contributed by atoms with van der Waals surface area (Å²) in [5.41, 5.74) is 3.60. The van der Waals surface area contributed by atoms with E-state index in [1.165, 1.54) is 12.8 Å². The number of nitrogens with zero attached hydrogens (tertiary/aromatic N) is 3. The average molecular weight is 318 g/mol. The van der Waals surface area contributed by atoms with E-state index in [4.69, 9.17) is 11.6 Å². The van der Waals surface area contributed by atoms with Crippen molar-refractivity contribution < 1.29 is 4.79 Å². The fourth-order valence-electron chi connectivity index (χ4n) is 2.66. The molecule has 5 heteroatoms. The van der Waals surface area contributed by atoms with Crippen LogP contribution in [0.15, 0.2) is 24.4 Å². The molecule has 4 nitrogen and oxygen atoms in total. The zero-order valence-electron chi connectivity index (χ0n) is 13.1. The van der Waals surface area contributed by atoms with Gasteiger partial charge in [-0.05, 0) is 38.0 Å². The van der Waals surface area contributed by atoms with Gasteiger partial charge in [-0.2, -0.15) is 0 Å². The molecule has 0 saturated heterocycles. The number of amides is 1. The van der Waals surface area contributed by atoms with Crippen LogP contribution in [0.5, 0.6) is 0 Å². The molecule has 2 aromatic rings. The van der Waals surface area contributed by atoms with Crippen molar-refractivity contribution in [3.63, 3.8) is 0 Å². The van der Waals surface area contributed by atoms with E-state index >= 15 is 0 Å². The van der Waals surface area contributed by atoms with Gasteiger partial charge in [0.15, 0.2) is 0 Å². The largest absolute Gasteiger partial charge is 0.351 e. The third-order valence-electron chi connectivity index (χ3n) is 4.15. The Kier molecular flexibility index (Phi) is 3.96. The Balaban J connectivity index is 1.76. The lowest BCUT2D eigenvalue weighted by Crippen LogP contribution is -2.28. The minimum atomic E-state index is -0.00957. The molecule has 0 unspecified atom stereocenters. The molecule has 2 heterocycles. The molecular weight excluding hydrogens is 298 g/mol. The Morgan fingerprint density at radius 1 is 1.45 bits per heavy atom. The van der Waals surface area contributed by atoms with E-state index in [0.29, 0.717) is 23.0 Å². The van der Waals surface area contributed by atoms with Crippen molar-refractivity contribution in [2.75, 3.05) is 7.05 Å². The summed E-state index contributed by atoms with van der Waals surface area (Å²) in [5, 5.41) is 0.685. The van der Waals surface area contributed by atoms with Gasteiger partial charge in [-0.3, -0.25) is 9.78 Å². The van der Waals surface area contributed by atoms with Crippen LogP contribution in [0, 0.1) is 6.92 Å². The van der Waals surface area contributed by atoms with Gasteiger partial charge in [0.25, 0.3) is 5.91 Å². The summed E-state index contributed by atoms with van der Waals surface area (Å²) in [7, 11) is 3.73. The fraction of sp³-hybridized carbons (Fsp3) is 0.412. The van der Waals surface area contributed by atoms with Crippen molar-refractivity contribution in [1.82, 2.24) is 14.5 Å². The van der Waals surface area contributed by atoms with Gasteiger partial charge >= 0.3 is 0 Å². The lowest BCUT2D eigenvalue weighted by molar-refractivity contribution is 0.0781. The van der Waals surface area contributed by atoms with Gasteiger partial charge in [-0.25, -0.2) is 0 Å². The molecule has 1 saturated carbocycles. The Morgan fingerprint density at radius 3 is 2.73 bits per heavy atom. The van der Waals surface area contributed by atoms with Gasteiger partial charge < -0.3 is 9.47 Å². The highest BCUT2D eigenvalue weighted by atomic mass is 35.5. The molecule has 0 bridgehead atoms. The molecule has 0 atom stereocenters. The van der Waals surface area contributed by atoms with Gasteiger partial charge in [0.1, 0.15) is 0 Å². The number of hydrogen-bond donors (Lipinski definition) is 0. The van der Waals surface area contributed by atoms with Gasteiger partial charge in [0.05, 0.1) is 22.8 Å². The summed E-state index contributed by atoms with van der Waals surface area (Å²) < 4.78 is 1.94. The van der Waals surface area contributed by atoms with Crippen LogP contribution >= 0.6 is 11.6 Å². The monoisotopic (exact) mass is 317 g/mol. The molecule has 0 aliphatic heterocycles. The van der Waals surface area contributed by atoms with Crippen LogP contribution < -0.4 is 0 Å². The molecule has 0 spiro atoms. The first-order chi connectivity index (χ1) is 10.5. The van der Waals surface area contributed by atoms with Crippen LogP contribution in [-0.4, -0.2) is 27.4 Å². The van der Waals surface area contributed by atoms with Crippen LogP contribution in [0.2, 0.25) is 5.02 Å². The predicted molar refractivity (Wildman–Crippen MR) is 87.2 cm³/mol. The Morgan fingerprint density at radius 2 is 2.18 bits per heavy atom. The van der Waals surface area contributed by atoms with E-state index in [1.54, 1.807) is 11.9 Å². The standard InChI is InChI=1S/C17H20ClN3O/c1-11-15(6-7-16(19-11)12-4-5-12)17(22)21(3)10-14-8-13(18)9-20(14)2/h6-9,12H,4-5,10H2,1-3H3. The quantitative estimate of drug-likeness (QED) is 0.865. The molecule has 3 rings (SSSR count). The molecule has 1 aliphatic carbocycles. The number of hydrogen-bond acceptors (Lipinski definition) is 2. The first-order valence-electron chi connectivity index (χ1n) is 7.49. The van der Waals surface area contributed by atoms with Crippen molar-refractivity contribution in [1.29, 1.82) is 0 Å². The van der Waals surface area contributed by atoms with Crippen molar-refractivity contribution in [3.8, 4) is 0 Å². The minimum Gasteiger partial charge on any atom is -0.351 e. The smallest absolute Gasteiger partial charge is 0.255 e. The van der Waals surface area contributed by atoms with Crippen LogP contribution in [-0.2, 0) is 13.6 Å². The summed E-state index contributed by atoms with van der Waals surface area (Å²) >= 11 is 5.99. The lowest BCUT2D eigenvalue weighted by atomic mass is 10.1. The number of halogens is 1. The summed E-state index contributed by atoms with van der Waals surface area (Å²) in [5.74, 6) is 0.593. The number of aromatic nitrogens is 2. The zero-order chi connectivity index (χ0) is 15.9. The van der Waals surface area contributed by atoms with Gasteiger partial charge in [-0.15, -0.1) is 0 Å². The van der Waals surface area contributed by atoms with Crippen molar-refractivity contribution in [2.45, 2.75) is 32.2 Å². The molecule has 116 valence electrons. The highest BCUT2D eigenvalue weighted by Gasteiger charge is 2.26. The Hall–Kier alpha value is -1.81. The number of aryl methyl sites for hydroxylation is 2. The molecule has 1 aliphatic rings. The molecule has 22 heavy (non-hydrogen) atoms. The molecule has 1 amide bonds. The average Bonchev–Trinajstić information content (AvgIpc) is 3.25. The van der Waals surface area contributed by atoms with E-state index in [9.17, 15) is 4.79 Å². The minimum absolute atomic E-state index is 0.00957. The number of carbonyl (C=O) groups is 1. The van der Waals surface area contributed by atoms with E-state index in [-0.39, 0.29) is 5.91 Å². The summed E-state index contributed by atoms with van der Waals surface area (Å²) in [6.07, 6.45) is 4.27. The summed E-state index contributed by atoms with van der Waals surface area (Å²) in [6.45, 7) is 2.43. The van der Waals surface area contributed by atoms with E-state index in [2.05, 4.69) is 4.98 Å². The highest BCUT2D eigenvalue weighted by Crippen LogP contribution is 2.39. The van der Waals surface area contributed by atoms with Crippen molar-refractivity contribution >= 4 is 17.5 Å². The maximum absolute atomic E-state index is 12.6. The SMILES string of the molecule is Cc1nc(C2CC2)ccc1C(=O)N(C)Cc1cc(Cl)cn1C. The van der Waals surface area contributed by atoms with Gasteiger partial charge in [0, 0.05) is 37.6 Å². The molecule has 0 aromatic carbocycles. The topological polar surface area (TPSA) is 38.1 Å². The predicted octanol–water partition coefficient (Wildman–Crippen LogP) is 3.53. The molecular formula is C17H20ClN3O. The van der Waals surface area contributed by atoms with E-state index in [0.717, 1.165) is 17.1 Å². The molecule has 0 N–H and O–H groups in total. The summed E-state index contributed by atoms with van der Waals surface area (Å²) in [6, 6.07) is 5.78.